The number of allylic oxidation sites excluding steroid dienone is 1. The van der Waals surface area contributed by atoms with Crippen LogP contribution in [0.25, 0.3) is 6.08 Å². The van der Waals surface area contributed by atoms with Crippen LogP contribution in [0.15, 0.2) is 81.7 Å². The number of rotatable bonds is 9. The van der Waals surface area contributed by atoms with Gasteiger partial charge in [0.15, 0.2) is 16.3 Å². The van der Waals surface area contributed by atoms with Crippen LogP contribution >= 0.6 is 34.5 Å². The van der Waals surface area contributed by atoms with E-state index >= 15 is 0 Å². The topological polar surface area (TPSA) is 79.1 Å². The lowest BCUT2D eigenvalue weighted by atomic mass is 9.95. The summed E-state index contributed by atoms with van der Waals surface area (Å²) < 4.78 is 19.3. The maximum Gasteiger partial charge on any atom is 0.338 e. The molecule has 0 bridgehead atoms. The van der Waals surface area contributed by atoms with Crippen LogP contribution in [-0.4, -0.2) is 23.8 Å². The summed E-state index contributed by atoms with van der Waals surface area (Å²) in [7, 11) is 0. The van der Waals surface area contributed by atoms with Gasteiger partial charge >= 0.3 is 5.97 Å². The molecule has 1 aromatic heterocycles. The molecule has 222 valence electrons. The number of carbonyl (C=O) groups excluding carboxylic acids is 1. The number of aryl methyl sites for hydroxylation is 1. The van der Waals surface area contributed by atoms with Crippen LogP contribution in [0, 0.1) is 6.92 Å². The molecule has 4 aromatic rings. The lowest BCUT2D eigenvalue weighted by Crippen LogP contribution is -2.39. The maximum absolute atomic E-state index is 13.9. The van der Waals surface area contributed by atoms with E-state index < -0.39 is 12.0 Å². The second-order valence-corrected chi connectivity index (χ2v) is 11.7. The van der Waals surface area contributed by atoms with Gasteiger partial charge in [-0.3, -0.25) is 9.36 Å². The highest BCUT2D eigenvalue weighted by Gasteiger charge is 2.33. The normalized spacial score (nSPS) is 14.7. The predicted molar refractivity (Wildman–Crippen MR) is 170 cm³/mol. The summed E-state index contributed by atoms with van der Waals surface area (Å²) in [5.41, 5.74) is 4.04. The van der Waals surface area contributed by atoms with Crippen LogP contribution in [0.3, 0.4) is 0 Å². The Balaban J connectivity index is 1.54. The summed E-state index contributed by atoms with van der Waals surface area (Å²) in [6.07, 6.45) is 1.79. The molecule has 43 heavy (non-hydrogen) atoms. The van der Waals surface area contributed by atoms with E-state index in [-0.39, 0.29) is 18.8 Å². The van der Waals surface area contributed by atoms with Crippen molar-refractivity contribution in [3.05, 3.63) is 124 Å². The van der Waals surface area contributed by atoms with Crippen molar-refractivity contribution in [3.8, 4) is 11.5 Å². The molecule has 0 saturated carbocycles. The number of fused-ring (bicyclic) bond motifs is 1. The van der Waals surface area contributed by atoms with Crippen molar-refractivity contribution in [2.45, 2.75) is 40.3 Å². The van der Waals surface area contributed by atoms with E-state index in [1.54, 1.807) is 42.7 Å². The van der Waals surface area contributed by atoms with Gasteiger partial charge in [0, 0.05) is 15.6 Å². The Kier molecular flexibility index (Phi) is 9.40. The number of aromatic nitrogens is 1. The van der Waals surface area contributed by atoms with Gasteiger partial charge in [-0.25, -0.2) is 9.79 Å². The van der Waals surface area contributed by atoms with Crippen molar-refractivity contribution in [3.63, 3.8) is 0 Å². The van der Waals surface area contributed by atoms with Gasteiger partial charge in [-0.2, -0.15) is 0 Å². The summed E-state index contributed by atoms with van der Waals surface area (Å²) in [5, 5.41) is 1.07. The number of halogens is 2. The molecule has 5 rings (SSSR count). The van der Waals surface area contributed by atoms with E-state index in [9.17, 15) is 9.59 Å². The fraction of sp³-hybridized carbons (Fsp3) is 0.242. The molecule has 3 aromatic carbocycles. The summed E-state index contributed by atoms with van der Waals surface area (Å²) in [6.45, 7) is 8.28. The predicted octanol–water partition coefficient (Wildman–Crippen LogP) is 6.39. The Morgan fingerprint density at radius 2 is 1.74 bits per heavy atom. The van der Waals surface area contributed by atoms with Crippen molar-refractivity contribution in [1.29, 1.82) is 0 Å². The molecule has 7 nitrogen and oxygen atoms in total. The van der Waals surface area contributed by atoms with Gasteiger partial charge in [0.05, 0.1) is 35.1 Å². The Hall–Kier alpha value is -3.85. The van der Waals surface area contributed by atoms with Crippen molar-refractivity contribution in [2.24, 2.45) is 4.99 Å². The van der Waals surface area contributed by atoms with E-state index in [4.69, 9.17) is 37.4 Å². The van der Waals surface area contributed by atoms with Crippen molar-refractivity contribution < 1.29 is 19.0 Å². The van der Waals surface area contributed by atoms with Gasteiger partial charge in [0.1, 0.15) is 6.61 Å². The molecule has 0 N–H and O–H groups in total. The first-order valence-corrected chi connectivity index (χ1v) is 15.4. The minimum atomic E-state index is -0.660. The molecule has 1 atom stereocenters. The number of esters is 1. The third-order valence-corrected chi connectivity index (χ3v) is 8.44. The summed E-state index contributed by atoms with van der Waals surface area (Å²) in [5.74, 6) is 0.591. The average Bonchev–Trinajstić information content (AvgIpc) is 3.27. The molecule has 10 heteroatoms. The number of ether oxygens (including phenoxy) is 3. The standard InChI is InChI=1S/C33H30Cl2N2O5S/c1-5-40-27-15-21(9-14-26(27)42-18-23-12-13-24(34)17-25(23)35)16-28-31(38)37-30(22-10-7-19(3)8-11-22)29(32(39)41-6-2)20(4)36-33(37)43-28/h7-17,30H,5-6,18H2,1-4H3/b28-16+. The minimum Gasteiger partial charge on any atom is -0.490 e. The SMILES string of the molecule is CCOC(=O)C1=C(C)N=c2s/c(=C/c3ccc(OCc4ccc(Cl)cc4Cl)c(OCC)c3)c(=O)n2C1c1ccc(C)cc1. The first kappa shape index (κ1) is 30.6. The Labute approximate surface area is 263 Å². The van der Waals surface area contributed by atoms with Crippen molar-refractivity contribution in [1.82, 2.24) is 4.57 Å². The van der Waals surface area contributed by atoms with E-state index in [1.807, 2.05) is 56.3 Å². The third-order valence-electron chi connectivity index (χ3n) is 6.87. The molecular formula is C33H30Cl2N2O5S. The zero-order chi connectivity index (χ0) is 30.7. The Bertz CT molecular complexity index is 1890. The molecule has 0 radical (unpaired) electrons. The van der Waals surface area contributed by atoms with Crippen LogP contribution in [0.5, 0.6) is 11.5 Å². The molecule has 0 spiro atoms. The molecule has 1 aliphatic heterocycles. The Morgan fingerprint density at radius 3 is 2.44 bits per heavy atom. The zero-order valence-electron chi connectivity index (χ0n) is 24.1. The maximum atomic E-state index is 13.9. The second kappa shape index (κ2) is 13.2. The fourth-order valence-electron chi connectivity index (χ4n) is 4.80. The molecule has 0 fully saturated rings. The van der Waals surface area contributed by atoms with Crippen LogP contribution in [0.1, 0.15) is 49.1 Å². The summed E-state index contributed by atoms with van der Waals surface area (Å²) >= 11 is 13.6. The minimum absolute atomic E-state index is 0.218. The second-order valence-electron chi connectivity index (χ2n) is 9.88. The number of hydrogen-bond acceptors (Lipinski definition) is 7. The van der Waals surface area contributed by atoms with Crippen LogP contribution in [0.2, 0.25) is 10.0 Å². The van der Waals surface area contributed by atoms with E-state index in [2.05, 4.69) is 4.99 Å². The number of thiazole rings is 1. The van der Waals surface area contributed by atoms with Crippen molar-refractivity contribution >= 4 is 46.6 Å². The number of nitrogens with zero attached hydrogens (tertiary/aromatic N) is 2. The first-order valence-electron chi connectivity index (χ1n) is 13.8. The zero-order valence-corrected chi connectivity index (χ0v) is 26.5. The highest BCUT2D eigenvalue weighted by Crippen LogP contribution is 2.32. The van der Waals surface area contributed by atoms with Gasteiger partial charge in [0.2, 0.25) is 0 Å². The molecule has 0 amide bonds. The Morgan fingerprint density at radius 1 is 0.977 bits per heavy atom. The fourth-order valence-corrected chi connectivity index (χ4v) is 6.31. The highest BCUT2D eigenvalue weighted by atomic mass is 35.5. The lowest BCUT2D eigenvalue weighted by molar-refractivity contribution is -0.139. The monoisotopic (exact) mass is 636 g/mol. The number of hydrogen-bond donors (Lipinski definition) is 0. The van der Waals surface area contributed by atoms with Crippen molar-refractivity contribution in [2.75, 3.05) is 13.2 Å². The smallest absolute Gasteiger partial charge is 0.338 e. The summed E-state index contributed by atoms with van der Waals surface area (Å²) in [4.78, 5) is 32.2. The van der Waals surface area contributed by atoms with Gasteiger partial charge in [-0.15, -0.1) is 0 Å². The van der Waals surface area contributed by atoms with E-state index in [0.29, 0.717) is 48.8 Å². The summed E-state index contributed by atoms with van der Waals surface area (Å²) in [6, 6.07) is 17.9. The molecular weight excluding hydrogens is 607 g/mol. The third kappa shape index (κ3) is 6.56. The van der Waals surface area contributed by atoms with E-state index in [0.717, 1.165) is 22.3 Å². The molecule has 1 aliphatic rings. The lowest BCUT2D eigenvalue weighted by Gasteiger charge is -2.24. The van der Waals surface area contributed by atoms with Crippen LogP contribution in [0.4, 0.5) is 0 Å². The van der Waals surface area contributed by atoms with Gasteiger partial charge < -0.3 is 14.2 Å². The number of carbonyl (C=O) groups is 1. The quantitative estimate of drug-likeness (QED) is 0.199. The van der Waals surface area contributed by atoms with Gasteiger partial charge in [0.25, 0.3) is 5.56 Å². The largest absolute Gasteiger partial charge is 0.490 e. The average molecular weight is 638 g/mol. The van der Waals surface area contributed by atoms with E-state index in [1.165, 1.54) is 11.3 Å². The van der Waals surface area contributed by atoms with Gasteiger partial charge in [-0.05, 0) is 69.2 Å². The molecule has 0 aliphatic carbocycles. The van der Waals surface area contributed by atoms with Gasteiger partial charge in [-0.1, -0.05) is 76.5 Å². The molecule has 1 unspecified atom stereocenters. The molecule has 2 heterocycles. The van der Waals surface area contributed by atoms with Crippen LogP contribution < -0.4 is 24.4 Å². The number of benzene rings is 3. The molecule has 0 saturated heterocycles. The highest BCUT2D eigenvalue weighted by molar-refractivity contribution is 7.07. The first-order chi connectivity index (χ1) is 20.7. The van der Waals surface area contributed by atoms with Crippen LogP contribution in [-0.2, 0) is 16.1 Å².